The van der Waals surface area contributed by atoms with Crippen molar-refractivity contribution in [2.75, 3.05) is 0 Å². The fourth-order valence-corrected chi connectivity index (χ4v) is 1.83. The van der Waals surface area contributed by atoms with E-state index in [2.05, 4.69) is 18.0 Å². The molecule has 0 saturated heterocycles. The second-order valence-electron chi connectivity index (χ2n) is 5.30. The summed E-state index contributed by atoms with van der Waals surface area (Å²) in [6.45, 7) is 7.87. The van der Waals surface area contributed by atoms with Crippen molar-refractivity contribution in [1.29, 1.82) is 0 Å². The quantitative estimate of drug-likeness (QED) is 0.723. The maximum absolute atomic E-state index is 12.1. The van der Waals surface area contributed by atoms with Crippen LogP contribution in [0.4, 0.5) is 0 Å². The van der Waals surface area contributed by atoms with Gasteiger partial charge >= 0.3 is 0 Å². The van der Waals surface area contributed by atoms with Gasteiger partial charge in [-0.1, -0.05) is 32.9 Å². The predicted molar refractivity (Wildman–Crippen MR) is 66.8 cm³/mol. The van der Waals surface area contributed by atoms with Gasteiger partial charge in [0, 0.05) is 16.3 Å². The Morgan fingerprint density at radius 3 is 2.50 bits per heavy atom. The van der Waals surface area contributed by atoms with E-state index in [-0.39, 0.29) is 11.2 Å². The van der Waals surface area contributed by atoms with Crippen molar-refractivity contribution >= 4 is 16.7 Å². The van der Waals surface area contributed by atoms with Gasteiger partial charge in [-0.2, -0.15) is 0 Å². The van der Waals surface area contributed by atoms with Crippen LogP contribution in [0, 0.1) is 12.3 Å². The lowest BCUT2D eigenvalue weighted by atomic mass is 9.89. The highest BCUT2D eigenvalue weighted by Crippen LogP contribution is 2.25. The van der Waals surface area contributed by atoms with Crippen LogP contribution in [0.25, 0.3) is 10.9 Å². The SMILES string of the molecule is Cc1cccc2[nH]c(C(=O)C(C)(C)C)cc12. The molecule has 0 atom stereocenters. The molecule has 1 N–H and O–H groups in total. The van der Waals surface area contributed by atoms with E-state index in [9.17, 15) is 4.79 Å². The first-order valence-electron chi connectivity index (χ1n) is 5.53. The summed E-state index contributed by atoms with van der Waals surface area (Å²) in [7, 11) is 0. The van der Waals surface area contributed by atoms with Gasteiger partial charge in [0.2, 0.25) is 0 Å². The minimum Gasteiger partial charge on any atom is -0.352 e. The first-order chi connectivity index (χ1) is 7.39. The molecule has 1 heterocycles. The molecule has 84 valence electrons. The molecular weight excluding hydrogens is 198 g/mol. The summed E-state index contributed by atoms with van der Waals surface area (Å²) in [6.07, 6.45) is 0. The molecule has 0 aliphatic rings. The van der Waals surface area contributed by atoms with Crippen LogP contribution in [0.3, 0.4) is 0 Å². The Labute approximate surface area is 95.7 Å². The number of Topliss-reactive ketones (excluding diaryl/α,β-unsaturated/α-hetero) is 1. The summed E-state index contributed by atoms with van der Waals surface area (Å²) >= 11 is 0. The van der Waals surface area contributed by atoms with Crippen LogP contribution in [0.15, 0.2) is 24.3 Å². The average molecular weight is 215 g/mol. The van der Waals surface area contributed by atoms with Gasteiger partial charge in [0.1, 0.15) is 0 Å². The number of hydrogen-bond donors (Lipinski definition) is 1. The second-order valence-corrected chi connectivity index (χ2v) is 5.30. The van der Waals surface area contributed by atoms with Gasteiger partial charge in [-0.25, -0.2) is 0 Å². The van der Waals surface area contributed by atoms with E-state index >= 15 is 0 Å². The zero-order valence-electron chi connectivity index (χ0n) is 10.2. The van der Waals surface area contributed by atoms with Gasteiger partial charge in [0.15, 0.2) is 5.78 Å². The number of rotatable bonds is 1. The Morgan fingerprint density at radius 1 is 1.25 bits per heavy atom. The smallest absolute Gasteiger partial charge is 0.184 e. The zero-order chi connectivity index (χ0) is 11.9. The van der Waals surface area contributed by atoms with Crippen molar-refractivity contribution in [3.05, 3.63) is 35.5 Å². The molecule has 0 saturated carbocycles. The van der Waals surface area contributed by atoms with E-state index < -0.39 is 0 Å². The average Bonchev–Trinajstić information content (AvgIpc) is 2.60. The first-order valence-corrected chi connectivity index (χ1v) is 5.53. The molecule has 2 rings (SSSR count). The Balaban J connectivity index is 2.56. The lowest BCUT2D eigenvalue weighted by molar-refractivity contribution is 0.0854. The van der Waals surface area contributed by atoms with Gasteiger partial charge in [0.25, 0.3) is 0 Å². The highest BCUT2D eigenvalue weighted by Gasteiger charge is 2.24. The monoisotopic (exact) mass is 215 g/mol. The number of nitrogens with one attached hydrogen (secondary N) is 1. The zero-order valence-corrected chi connectivity index (χ0v) is 10.2. The molecule has 0 fully saturated rings. The molecule has 0 spiro atoms. The molecule has 0 aliphatic heterocycles. The van der Waals surface area contributed by atoms with Crippen LogP contribution < -0.4 is 0 Å². The lowest BCUT2D eigenvalue weighted by Gasteiger charge is -2.14. The Kier molecular flexibility index (Phi) is 2.38. The van der Waals surface area contributed by atoms with E-state index in [1.54, 1.807) is 0 Å². The Bertz CT molecular complexity index is 543. The summed E-state index contributed by atoms with van der Waals surface area (Å²) in [5.74, 6) is 0.156. The van der Waals surface area contributed by atoms with E-state index in [4.69, 9.17) is 0 Å². The van der Waals surface area contributed by atoms with E-state index in [0.29, 0.717) is 5.69 Å². The summed E-state index contributed by atoms with van der Waals surface area (Å²) in [5.41, 5.74) is 2.60. The van der Waals surface area contributed by atoms with Gasteiger partial charge < -0.3 is 4.98 Å². The minimum atomic E-state index is -0.339. The molecular formula is C14H17NO. The second kappa shape index (κ2) is 3.48. The first kappa shape index (κ1) is 10.9. The normalized spacial score (nSPS) is 12.0. The molecule has 0 radical (unpaired) electrons. The standard InChI is InChI=1S/C14H17NO/c1-9-6-5-7-11-10(9)8-12(15-11)13(16)14(2,3)4/h5-8,15H,1-4H3. The van der Waals surface area contributed by atoms with E-state index in [0.717, 1.165) is 10.9 Å². The molecule has 2 nitrogen and oxygen atoms in total. The number of H-pyrrole nitrogens is 1. The number of hydrogen-bond acceptors (Lipinski definition) is 1. The number of aromatic nitrogens is 1. The molecule has 0 bridgehead atoms. The third-order valence-corrected chi connectivity index (χ3v) is 2.81. The molecule has 16 heavy (non-hydrogen) atoms. The molecule has 1 aromatic carbocycles. The summed E-state index contributed by atoms with van der Waals surface area (Å²) in [5, 5.41) is 1.13. The fourth-order valence-electron chi connectivity index (χ4n) is 1.83. The number of carbonyl (C=O) groups is 1. The molecule has 2 heteroatoms. The van der Waals surface area contributed by atoms with Crippen molar-refractivity contribution in [2.45, 2.75) is 27.7 Å². The number of aryl methyl sites for hydroxylation is 1. The van der Waals surface area contributed by atoms with Gasteiger partial charge in [-0.3, -0.25) is 4.79 Å². The highest BCUT2D eigenvalue weighted by atomic mass is 16.1. The van der Waals surface area contributed by atoms with Gasteiger partial charge in [-0.15, -0.1) is 0 Å². The summed E-state index contributed by atoms with van der Waals surface area (Å²) in [4.78, 5) is 15.3. The van der Waals surface area contributed by atoms with Crippen molar-refractivity contribution in [3.63, 3.8) is 0 Å². The molecule has 0 unspecified atom stereocenters. The van der Waals surface area contributed by atoms with Gasteiger partial charge in [-0.05, 0) is 24.6 Å². The fraction of sp³-hybridized carbons (Fsp3) is 0.357. The Hall–Kier alpha value is -1.57. The van der Waals surface area contributed by atoms with Crippen LogP contribution in [0.2, 0.25) is 0 Å². The molecule has 1 aromatic heterocycles. The number of ketones is 1. The summed E-state index contributed by atoms with van der Waals surface area (Å²) in [6, 6.07) is 8.01. The van der Waals surface area contributed by atoms with E-state index in [1.165, 1.54) is 5.56 Å². The van der Waals surface area contributed by atoms with Crippen LogP contribution in [-0.4, -0.2) is 10.8 Å². The lowest BCUT2D eigenvalue weighted by Crippen LogP contribution is -2.20. The van der Waals surface area contributed by atoms with Gasteiger partial charge in [0.05, 0.1) is 5.69 Å². The van der Waals surface area contributed by atoms with Crippen molar-refractivity contribution < 1.29 is 4.79 Å². The summed E-state index contributed by atoms with van der Waals surface area (Å²) < 4.78 is 0. The van der Waals surface area contributed by atoms with Crippen LogP contribution in [0.5, 0.6) is 0 Å². The number of fused-ring (bicyclic) bond motifs is 1. The Morgan fingerprint density at radius 2 is 1.94 bits per heavy atom. The molecule has 0 amide bonds. The number of aromatic amines is 1. The van der Waals surface area contributed by atoms with Crippen molar-refractivity contribution in [1.82, 2.24) is 4.98 Å². The largest absolute Gasteiger partial charge is 0.352 e. The number of carbonyl (C=O) groups excluding carboxylic acids is 1. The maximum atomic E-state index is 12.1. The maximum Gasteiger partial charge on any atom is 0.184 e. The predicted octanol–water partition coefficient (Wildman–Crippen LogP) is 3.71. The van der Waals surface area contributed by atoms with Crippen LogP contribution in [0.1, 0.15) is 36.8 Å². The van der Waals surface area contributed by atoms with Crippen molar-refractivity contribution in [2.24, 2.45) is 5.41 Å². The van der Waals surface area contributed by atoms with Crippen molar-refractivity contribution in [3.8, 4) is 0 Å². The van der Waals surface area contributed by atoms with Crippen LogP contribution in [-0.2, 0) is 0 Å². The highest BCUT2D eigenvalue weighted by molar-refractivity contribution is 6.02. The molecule has 2 aromatic rings. The topological polar surface area (TPSA) is 32.9 Å². The third kappa shape index (κ3) is 1.75. The third-order valence-electron chi connectivity index (χ3n) is 2.81. The molecule has 0 aliphatic carbocycles. The minimum absolute atomic E-state index is 0.156. The number of benzene rings is 1. The van der Waals surface area contributed by atoms with Crippen LogP contribution >= 0.6 is 0 Å². The van der Waals surface area contributed by atoms with E-state index in [1.807, 2.05) is 39.0 Å².